The van der Waals surface area contributed by atoms with E-state index in [0.29, 0.717) is 42.5 Å². The zero-order valence-electron chi connectivity index (χ0n) is 17.4. The summed E-state index contributed by atoms with van der Waals surface area (Å²) >= 11 is 0. The topological polar surface area (TPSA) is 82.1 Å². The predicted octanol–water partition coefficient (Wildman–Crippen LogP) is 3.74. The lowest BCUT2D eigenvalue weighted by Gasteiger charge is -2.33. The first-order chi connectivity index (χ1) is 15.0. The Morgan fingerprint density at radius 1 is 1.13 bits per heavy atom. The Balaban J connectivity index is 1.57. The molecule has 0 aliphatic carbocycles. The van der Waals surface area contributed by atoms with E-state index in [9.17, 15) is 0 Å². The zero-order chi connectivity index (χ0) is 21.5. The van der Waals surface area contributed by atoms with Crippen LogP contribution in [0.25, 0.3) is 28.1 Å². The number of pyridine rings is 2. The number of rotatable bonds is 3. The number of hydrogen-bond acceptors (Lipinski definition) is 6. The normalized spacial score (nSPS) is 16.7. The molecule has 2 N–H and O–H groups in total. The van der Waals surface area contributed by atoms with E-state index >= 15 is 4.39 Å². The molecule has 1 aliphatic rings. The van der Waals surface area contributed by atoms with Gasteiger partial charge in [-0.05, 0) is 50.2 Å². The lowest BCUT2D eigenvalue weighted by molar-refractivity contribution is 0.0530. The number of hydrogen-bond donors (Lipinski definition) is 1. The molecule has 1 aliphatic heterocycles. The standard InChI is InChI=1S/C23H23FN6O/c1-14-13-29(9-10-31-14)21-6-3-17(12-18(21)24)30-15(2)27-20-5-4-19(28-23(20)30)16-7-8-26-22(25)11-16/h3-8,11-12,14H,9-10,13H2,1-2H3,(H2,25,26). The van der Waals surface area contributed by atoms with Gasteiger partial charge >= 0.3 is 0 Å². The first-order valence-corrected chi connectivity index (χ1v) is 10.2. The van der Waals surface area contributed by atoms with Crippen molar-refractivity contribution in [2.45, 2.75) is 20.0 Å². The fraction of sp³-hybridized carbons (Fsp3) is 0.261. The number of morpholine rings is 1. The third-order valence-electron chi connectivity index (χ3n) is 5.52. The maximum absolute atomic E-state index is 15.1. The van der Waals surface area contributed by atoms with Gasteiger partial charge in [-0.15, -0.1) is 0 Å². The number of halogens is 1. The first-order valence-electron chi connectivity index (χ1n) is 10.2. The summed E-state index contributed by atoms with van der Waals surface area (Å²) in [5.74, 6) is 0.895. The summed E-state index contributed by atoms with van der Waals surface area (Å²) in [4.78, 5) is 15.5. The minimum Gasteiger partial charge on any atom is -0.384 e. The van der Waals surface area contributed by atoms with E-state index < -0.39 is 0 Å². The number of nitrogen functional groups attached to an aromatic ring is 1. The van der Waals surface area contributed by atoms with Crippen LogP contribution in [0.15, 0.2) is 48.7 Å². The Bertz CT molecular complexity index is 1270. The first kappa shape index (κ1) is 19.4. The number of benzene rings is 1. The molecule has 7 nitrogen and oxygen atoms in total. The van der Waals surface area contributed by atoms with Crippen molar-refractivity contribution in [2.75, 3.05) is 30.3 Å². The van der Waals surface area contributed by atoms with Crippen molar-refractivity contribution in [2.24, 2.45) is 0 Å². The molecule has 0 radical (unpaired) electrons. The van der Waals surface area contributed by atoms with Gasteiger partial charge in [-0.3, -0.25) is 4.57 Å². The zero-order valence-corrected chi connectivity index (χ0v) is 17.4. The van der Waals surface area contributed by atoms with Gasteiger partial charge in [-0.1, -0.05) is 0 Å². The van der Waals surface area contributed by atoms with Gasteiger partial charge in [0.1, 0.15) is 23.0 Å². The van der Waals surface area contributed by atoms with E-state index in [1.807, 2.05) is 53.6 Å². The van der Waals surface area contributed by atoms with Crippen LogP contribution in [0.4, 0.5) is 15.9 Å². The average Bonchev–Trinajstić information content (AvgIpc) is 3.08. The molecule has 1 unspecified atom stereocenters. The van der Waals surface area contributed by atoms with E-state index in [2.05, 4.69) is 9.97 Å². The van der Waals surface area contributed by atoms with E-state index in [4.69, 9.17) is 15.5 Å². The van der Waals surface area contributed by atoms with Crippen molar-refractivity contribution in [3.8, 4) is 16.9 Å². The minimum atomic E-state index is -0.272. The molecule has 0 amide bonds. The van der Waals surface area contributed by atoms with Gasteiger partial charge in [0, 0.05) is 30.9 Å². The van der Waals surface area contributed by atoms with Gasteiger partial charge < -0.3 is 15.4 Å². The van der Waals surface area contributed by atoms with Crippen molar-refractivity contribution in [3.05, 3.63) is 60.3 Å². The number of imidazole rings is 1. The summed E-state index contributed by atoms with van der Waals surface area (Å²) < 4.78 is 22.6. The molecule has 31 heavy (non-hydrogen) atoms. The highest BCUT2D eigenvalue weighted by molar-refractivity contribution is 5.78. The van der Waals surface area contributed by atoms with E-state index in [-0.39, 0.29) is 11.9 Å². The molecule has 4 heterocycles. The molecule has 4 aromatic rings. The van der Waals surface area contributed by atoms with Crippen LogP contribution in [0, 0.1) is 12.7 Å². The van der Waals surface area contributed by atoms with Crippen LogP contribution in [0.5, 0.6) is 0 Å². The maximum Gasteiger partial charge on any atom is 0.165 e. The van der Waals surface area contributed by atoms with E-state index in [1.165, 1.54) is 0 Å². The molecule has 0 spiro atoms. The molecule has 5 rings (SSSR count). The highest BCUT2D eigenvalue weighted by Crippen LogP contribution is 2.28. The largest absolute Gasteiger partial charge is 0.384 e. The lowest BCUT2D eigenvalue weighted by atomic mass is 10.1. The fourth-order valence-electron chi connectivity index (χ4n) is 4.08. The van der Waals surface area contributed by atoms with E-state index in [1.54, 1.807) is 18.3 Å². The third kappa shape index (κ3) is 3.59. The number of nitrogens with two attached hydrogens (primary N) is 1. The molecule has 0 bridgehead atoms. The maximum atomic E-state index is 15.1. The van der Waals surface area contributed by atoms with Crippen LogP contribution in [-0.2, 0) is 4.74 Å². The molecule has 1 saturated heterocycles. The van der Waals surface area contributed by atoms with Crippen LogP contribution >= 0.6 is 0 Å². The number of nitrogens with zero attached hydrogens (tertiary/aromatic N) is 5. The highest BCUT2D eigenvalue weighted by atomic mass is 19.1. The van der Waals surface area contributed by atoms with Crippen molar-refractivity contribution >= 4 is 22.7 Å². The second kappa shape index (κ2) is 7.63. The summed E-state index contributed by atoms with van der Waals surface area (Å²) in [5.41, 5.74) is 10.1. The molecule has 158 valence electrons. The molecule has 3 aromatic heterocycles. The summed E-state index contributed by atoms with van der Waals surface area (Å²) in [7, 11) is 0. The number of ether oxygens (including phenoxy) is 1. The number of aryl methyl sites for hydroxylation is 1. The SMILES string of the molecule is Cc1nc2ccc(-c3ccnc(N)c3)nc2n1-c1ccc(N2CCOC(C)C2)c(F)c1. The van der Waals surface area contributed by atoms with Crippen molar-refractivity contribution in [1.29, 1.82) is 0 Å². The van der Waals surface area contributed by atoms with Gasteiger partial charge in [0.05, 0.1) is 29.8 Å². The van der Waals surface area contributed by atoms with Crippen molar-refractivity contribution in [3.63, 3.8) is 0 Å². The second-order valence-electron chi connectivity index (χ2n) is 7.77. The van der Waals surface area contributed by atoms with Gasteiger partial charge in [-0.25, -0.2) is 19.3 Å². The molecule has 1 fully saturated rings. The Morgan fingerprint density at radius 2 is 2.00 bits per heavy atom. The summed E-state index contributed by atoms with van der Waals surface area (Å²) in [6.07, 6.45) is 1.73. The van der Waals surface area contributed by atoms with Crippen molar-refractivity contribution < 1.29 is 9.13 Å². The Labute approximate surface area is 179 Å². The molecule has 1 atom stereocenters. The van der Waals surface area contributed by atoms with Gasteiger partial charge in [0.15, 0.2) is 5.65 Å². The van der Waals surface area contributed by atoms with Gasteiger partial charge in [0.25, 0.3) is 0 Å². The molecule has 0 saturated carbocycles. The van der Waals surface area contributed by atoms with E-state index in [0.717, 1.165) is 22.6 Å². The average molecular weight is 418 g/mol. The number of aromatic nitrogens is 4. The smallest absolute Gasteiger partial charge is 0.165 e. The number of anilines is 2. The van der Waals surface area contributed by atoms with Crippen LogP contribution in [-0.4, -0.2) is 45.3 Å². The summed E-state index contributed by atoms with van der Waals surface area (Å²) in [5, 5.41) is 0. The van der Waals surface area contributed by atoms with Crippen LogP contribution < -0.4 is 10.6 Å². The number of fused-ring (bicyclic) bond motifs is 1. The van der Waals surface area contributed by atoms with Crippen LogP contribution in [0.2, 0.25) is 0 Å². The molecular weight excluding hydrogens is 395 g/mol. The molecule has 1 aromatic carbocycles. The van der Waals surface area contributed by atoms with Crippen LogP contribution in [0.3, 0.4) is 0 Å². The molecule has 8 heteroatoms. The van der Waals surface area contributed by atoms with Gasteiger partial charge in [0.2, 0.25) is 0 Å². The Morgan fingerprint density at radius 3 is 2.77 bits per heavy atom. The van der Waals surface area contributed by atoms with Gasteiger partial charge in [-0.2, -0.15) is 0 Å². The highest BCUT2D eigenvalue weighted by Gasteiger charge is 2.21. The third-order valence-corrected chi connectivity index (χ3v) is 5.52. The summed E-state index contributed by atoms with van der Waals surface area (Å²) in [6.45, 7) is 5.83. The molecular formula is C23H23FN6O. The summed E-state index contributed by atoms with van der Waals surface area (Å²) in [6, 6.07) is 12.7. The van der Waals surface area contributed by atoms with Crippen LogP contribution in [0.1, 0.15) is 12.7 Å². The predicted molar refractivity (Wildman–Crippen MR) is 119 cm³/mol. The Hall–Kier alpha value is -3.52. The monoisotopic (exact) mass is 418 g/mol. The minimum absolute atomic E-state index is 0.0810. The fourth-order valence-corrected chi connectivity index (χ4v) is 4.08. The lowest BCUT2D eigenvalue weighted by Crippen LogP contribution is -2.41. The van der Waals surface area contributed by atoms with Crippen molar-refractivity contribution in [1.82, 2.24) is 19.5 Å². The Kier molecular flexibility index (Phi) is 4.78. The quantitative estimate of drug-likeness (QED) is 0.546. The second-order valence-corrected chi connectivity index (χ2v) is 7.77.